The lowest BCUT2D eigenvalue weighted by atomic mass is 9.95. The monoisotopic (exact) mass is 335 g/mol. The Morgan fingerprint density at radius 1 is 1.16 bits per heavy atom. The Kier molecular flexibility index (Phi) is 4.50. The van der Waals surface area contributed by atoms with E-state index in [0.717, 1.165) is 25.7 Å². The lowest BCUT2D eigenvalue weighted by molar-refractivity contribution is 0.0928. The summed E-state index contributed by atoms with van der Waals surface area (Å²) >= 11 is 3.47. The van der Waals surface area contributed by atoms with Gasteiger partial charge in [0.05, 0.1) is 0 Å². The molecule has 1 fully saturated rings. The number of nitrogens with one attached hydrogen (secondary N) is 1. The van der Waals surface area contributed by atoms with Gasteiger partial charge in [-0.25, -0.2) is 13.2 Å². The van der Waals surface area contributed by atoms with Crippen LogP contribution in [0.15, 0.2) is 12.1 Å². The molecule has 2 atom stereocenters. The summed E-state index contributed by atoms with van der Waals surface area (Å²) in [6, 6.07) is 1.34. The van der Waals surface area contributed by atoms with Crippen molar-refractivity contribution in [2.75, 3.05) is 0 Å². The molecule has 1 aromatic carbocycles. The zero-order valence-corrected chi connectivity index (χ0v) is 11.6. The van der Waals surface area contributed by atoms with Gasteiger partial charge in [-0.1, -0.05) is 28.8 Å². The molecule has 19 heavy (non-hydrogen) atoms. The van der Waals surface area contributed by atoms with Crippen LogP contribution in [0.4, 0.5) is 13.2 Å². The van der Waals surface area contributed by atoms with E-state index >= 15 is 0 Å². The van der Waals surface area contributed by atoms with Crippen LogP contribution < -0.4 is 5.32 Å². The van der Waals surface area contributed by atoms with Crippen molar-refractivity contribution in [2.45, 2.75) is 36.6 Å². The van der Waals surface area contributed by atoms with Crippen molar-refractivity contribution in [1.82, 2.24) is 5.32 Å². The molecule has 2 rings (SSSR count). The third-order valence-electron chi connectivity index (χ3n) is 3.24. The first kappa shape index (κ1) is 14.4. The molecule has 6 heteroatoms. The minimum atomic E-state index is -1.56. The van der Waals surface area contributed by atoms with Crippen molar-refractivity contribution < 1.29 is 18.0 Å². The molecular formula is C13H13BrF3NO. The highest BCUT2D eigenvalue weighted by Gasteiger charge is 2.25. The summed E-state index contributed by atoms with van der Waals surface area (Å²) in [4.78, 5) is 12.0. The molecule has 1 aliphatic carbocycles. The molecular weight excluding hydrogens is 323 g/mol. The van der Waals surface area contributed by atoms with Gasteiger partial charge in [0.15, 0.2) is 17.5 Å². The Morgan fingerprint density at radius 3 is 2.32 bits per heavy atom. The zero-order valence-electron chi connectivity index (χ0n) is 10.1. The van der Waals surface area contributed by atoms with Crippen LogP contribution in [0.3, 0.4) is 0 Å². The van der Waals surface area contributed by atoms with Crippen LogP contribution >= 0.6 is 15.9 Å². The SMILES string of the molecule is O=C(NC1CCCCC1Br)c1cc(F)c(F)c(F)c1. The van der Waals surface area contributed by atoms with Crippen molar-refractivity contribution in [1.29, 1.82) is 0 Å². The average molecular weight is 336 g/mol. The van der Waals surface area contributed by atoms with Gasteiger partial charge in [0.25, 0.3) is 5.91 Å². The number of hydrogen-bond acceptors (Lipinski definition) is 1. The molecule has 0 heterocycles. The predicted molar refractivity (Wildman–Crippen MR) is 68.8 cm³/mol. The number of carbonyl (C=O) groups excluding carboxylic acids is 1. The van der Waals surface area contributed by atoms with Crippen LogP contribution in [-0.2, 0) is 0 Å². The van der Waals surface area contributed by atoms with Crippen LogP contribution in [0.1, 0.15) is 36.0 Å². The normalized spacial score (nSPS) is 23.2. The van der Waals surface area contributed by atoms with Crippen LogP contribution in [0.25, 0.3) is 0 Å². The molecule has 2 unspecified atom stereocenters. The first-order valence-electron chi connectivity index (χ1n) is 6.08. The highest BCUT2D eigenvalue weighted by Crippen LogP contribution is 2.25. The van der Waals surface area contributed by atoms with Crippen LogP contribution in [0.2, 0.25) is 0 Å². The van der Waals surface area contributed by atoms with Crippen molar-refractivity contribution in [3.8, 4) is 0 Å². The fourth-order valence-electron chi connectivity index (χ4n) is 2.19. The number of rotatable bonds is 2. The van der Waals surface area contributed by atoms with Crippen molar-refractivity contribution in [3.05, 3.63) is 35.1 Å². The second kappa shape index (κ2) is 5.94. The summed E-state index contributed by atoms with van der Waals surface area (Å²) in [7, 11) is 0. The summed E-state index contributed by atoms with van der Waals surface area (Å²) in [5.74, 6) is -4.87. The van der Waals surface area contributed by atoms with Gasteiger partial charge in [-0.15, -0.1) is 0 Å². The van der Waals surface area contributed by atoms with Gasteiger partial charge in [0.2, 0.25) is 0 Å². The Morgan fingerprint density at radius 2 is 1.74 bits per heavy atom. The van der Waals surface area contributed by atoms with E-state index in [2.05, 4.69) is 21.2 Å². The Labute approximate surface area is 117 Å². The summed E-state index contributed by atoms with van der Waals surface area (Å²) in [6.45, 7) is 0. The van der Waals surface area contributed by atoms with E-state index in [1.54, 1.807) is 0 Å². The van der Waals surface area contributed by atoms with Crippen molar-refractivity contribution >= 4 is 21.8 Å². The van der Waals surface area contributed by atoms with Crippen molar-refractivity contribution in [3.63, 3.8) is 0 Å². The second-order valence-corrected chi connectivity index (χ2v) is 5.81. The molecule has 1 aromatic rings. The minimum absolute atomic E-state index is 0.0718. The third-order valence-corrected chi connectivity index (χ3v) is 4.34. The van der Waals surface area contributed by atoms with E-state index in [-0.39, 0.29) is 16.4 Å². The molecule has 1 amide bonds. The quantitative estimate of drug-likeness (QED) is 0.650. The Hall–Kier alpha value is -1.04. The van der Waals surface area contributed by atoms with E-state index in [0.29, 0.717) is 12.1 Å². The molecule has 104 valence electrons. The summed E-state index contributed by atoms with van der Waals surface area (Å²) in [6.07, 6.45) is 3.84. The number of carbonyl (C=O) groups is 1. The maximum Gasteiger partial charge on any atom is 0.251 e. The summed E-state index contributed by atoms with van der Waals surface area (Å²) in [5.41, 5.74) is -0.207. The number of amides is 1. The lowest BCUT2D eigenvalue weighted by Crippen LogP contribution is -2.42. The lowest BCUT2D eigenvalue weighted by Gasteiger charge is -2.28. The number of hydrogen-bond donors (Lipinski definition) is 1. The molecule has 0 bridgehead atoms. The molecule has 0 spiro atoms. The fraction of sp³-hybridized carbons (Fsp3) is 0.462. The van der Waals surface area contributed by atoms with Gasteiger partial charge in [0, 0.05) is 16.4 Å². The first-order chi connectivity index (χ1) is 8.99. The zero-order chi connectivity index (χ0) is 14.0. The third kappa shape index (κ3) is 3.29. The van der Waals surface area contributed by atoms with E-state index in [4.69, 9.17) is 0 Å². The van der Waals surface area contributed by atoms with Crippen LogP contribution in [0, 0.1) is 17.5 Å². The number of halogens is 4. The largest absolute Gasteiger partial charge is 0.348 e. The molecule has 1 saturated carbocycles. The smallest absolute Gasteiger partial charge is 0.251 e. The standard InChI is InChI=1S/C13H13BrF3NO/c14-8-3-1-2-4-11(8)18-13(19)7-5-9(15)12(17)10(16)6-7/h5-6,8,11H,1-4H2,(H,18,19). The molecule has 1 N–H and O–H groups in total. The number of benzene rings is 1. The molecule has 0 aromatic heterocycles. The molecule has 2 nitrogen and oxygen atoms in total. The van der Waals surface area contributed by atoms with Crippen molar-refractivity contribution in [2.24, 2.45) is 0 Å². The van der Waals surface area contributed by atoms with Gasteiger partial charge in [-0.2, -0.15) is 0 Å². The molecule has 1 aliphatic rings. The highest BCUT2D eigenvalue weighted by molar-refractivity contribution is 9.09. The average Bonchev–Trinajstić information content (AvgIpc) is 2.38. The van der Waals surface area contributed by atoms with E-state index in [1.165, 1.54) is 0 Å². The highest BCUT2D eigenvalue weighted by atomic mass is 79.9. The van der Waals surface area contributed by atoms with Gasteiger partial charge >= 0.3 is 0 Å². The fourth-order valence-corrected chi connectivity index (χ4v) is 2.91. The molecule has 0 saturated heterocycles. The van der Waals surface area contributed by atoms with Gasteiger partial charge < -0.3 is 5.32 Å². The second-order valence-electron chi connectivity index (χ2n) is 4.63. The maximum absolute atomic E-state index is 13.1. The summed E-state index contributed by atoms with van der Waals surface area (Å²) in [5, 5.41) is 2.72. The van der Waals surface area contributed by atoms with Gasteiger partial charge in [-0.3, -0.25) is 4.79 Å². The van der Waals surface area contributed by atoms with Crippen LogP contribution in [-0.4, -0.2) is 16.8 Å². The topological polar surface area (TPSA) is 29.1 Å². The number of alkyl halides is 1. The molecule has 0 aliphatic heterocycles. The van der Waals surface area contributed by atoms with Gasteiger partial charge in [0.1, 0.15) is 0 Å². The summed E-state index contributed by atoms with van der Waals surface area (Å²) < 4.78 is 38.9. The predicted octanol–water partition coefficient (Wildman–Crippen LogP) is 3.54. The Balaban J connectivity index is 2.11. The van der Waals surface area contributed by atoms with E-state index < -0.39 is 23.4 Å². The first-order valence-corrected chi connectivity index (χ1v) is 7.00. The Bertz CT molecular complexity index is 472. The van der Waals surface area contributed by atoms with Crippen LogP contribution in [0.5, 0.6) is 0 Å². The van der Waals surface area contributed by atoms with E-state index in [9.17, 15) is 18.0 Å². The molecule has 0 radical (unpaired) electrons. The maximum atomic E-state index is 13.1. The minimum Gasteiger partial charge on any atom is -0.348 e. The van der Waals surface area contributed by atoms with Gasteiger partial charge in [-0.05, 0) is 25.0 Å². The van der Waals surface area contributed by atoms with E-state index in [1.807, 2.05) is 0 Å².